The van der Waals surface area contributed by atoms with Crippen LogP contribution in [0.5, 0.6) is 11.5 Å². The number of pyridine rings is 1. The summed E-state index contributed by atoms with van der Waals surface area (Å²) in [5, 5.41) is 0.955. The predicted molar refractivity (Wildman–Crippen MR) is 325 cm³/mol. The second-order valence-electron chi connectivity index (χ2n) is 26.9. The van der Waals surface area contributed by atoms with Gasteiger partial charge in [-0.3, -0.25) is 0 Å². The minimum Gasteiger partial charge on any atom is -0.509 e. The van der Waals surface area contributed by atoms with Gasteiger partial charge in [0.25, 0.3) is 0 Å². The first-order valence-corrected chi connectivity index (χ1v) is 27.2. The zero-order valence-electron chi connectivity index (χ0n) is 55.3. The second-order valence-corrected chi connectivity index (χ2v) is 26.9. The summed E-state index contributed by atoms with van der Waals surface area (Å²) in [6.45, 7) is 37.3. The SMILES string of the molecule is [2H]c1c([2H])c2c(c([2H])c1-c1cc(C(C)(C)C)cc(-c3cc(C(C)(C)C)cc(C(C)(C)C)c3)c1N1[CH-]N(c3[c-]c(Oc4[c-]c5c(cc4)c4c([2H])c([2H])c([2H])c([2H])c4n5-c4cc(C(C)(C)C)ccn4)ccc3)c3ccccc31)C(C)(C)CCC2(C)C.[Pt]. The van der Waals surface area contributed by atoms with Crippen molar-refractivity contribution in [1.82, 2.24) is 9.55 Å². The number of nitrogens with zero attached hydrogens (tertiary/aromatic N) is 4. The summed E-state index contributed by atoms with van der Waals surface area (Å²) in [5.41, 5.74) is 11.5. The van der Waals surface area contributed by atoms with Crippen LogP contribution < -0.4 is 14.5 Å². The van der Waals surface area contributed by atoms with Gasteiger partial charge in [0.1, 0.15) is 5.82 Å². The van der Waals surface area contributed by atoms with Gasteiger partial charge < -0.3 is 19.1 Å². The van der Waals surface area contributed by atoms with Crippen LogP contribution in [0.2, 0.25) is 0 Å². The molecule has 404 valence electrons. The molecule has 11 rings (SSSR count). The Bertz CT molecular complexity index is 4160. The molecule has 0 amide bonds. The van der Waals surface area contributed by atoms with Crippen molar-refractivity contribution >= 4 is 44.6 Å². The molecule has 0 saturated heterocycles. The third-order valence-electron chi connectivity index (χ3n) is 16.0. The molecule has 0 N–H and O–H groups in total. The van der Waals surface area contributed by atoms with Crippen molar-refractivity contribution < 1.29 is 35.4 Å². The van der Waals surface area contributed by atoms with Crippen LogP contribution in [0.1, 0.15) is 167 Å². The van der Waals surface area contributed by atoms with Crippen LogP contribution in [-0.2, 0) is 53.6 Å². The van der Waals surface area contributed by atoms with Crippen LogP contribution in [0.15, 0.2) is 146 Å². The van der Waals surface area contributed by atoms with E-state index in [2.05, 4.69) is 182 Å². The van der Waals surface area contributed by atoms with Crippen molar-refractivity contribution in [1.29, 1.82) is 0 Å². The topological polar surface area (TPSA) is 33.5 Å². The van der Waals surface area contributed by atoms with Gasteiger partial charge in [-0.25, -0.2) is 4.98 Å². The van der Waals surface area contributed by atoms with Gasteiger partial charge in [0.05, 0.1) is 9.60 Å². The van der Waals surface area contributed by atoms with E-state index in [-0.39, 0.29) is 84.4 Å². The van der Waals surface area contributed by atoms with Gasteiger partial charge in [0, 0.05) is 72.5 Å². The fraction of sp³-hybridized carbons (Fsp3) is 0.333. The summed E-state index contributed by atoms with van der Waals surface area (Å²) in [6.07, 6.45) is 3.44. The monoisotopic (exact) mass is 1220 g/mol. The Morgan fingerprint density at radius 2 is 1.15 bits per heavy atom. The van der Waals surface area contributed by atoms with Gasteiger partial charge in [-0.05, 0) is 138 Å². The minimum absolute atomic E-state index is 0. The Kier molecular flexibility index (Phi) is 11.6. The van der Waals surface area contributed by atoms with Crippen molar-refractivity contribution in [3.8, 4) is 39.6 Å². The van der Waals surface area contributed by atoms with Gasteiger partial charge in [0.2, 0.25) is 0 Å². The summed E-state index contributed by atoms with van der Waals surface area (Å²) in [4.78, 5) is 9.07. The zero-order chi connectivity index (χ0) is 60.9. The molecule has 1 aliphatic carbocycles. The average Bonchev–Trinajstić information content (AvgIpc) is 2.14. The number of anilines is 4. The van der Waals surface area contributed by atoms with Gasteiger partial charge in [-0.1, -0.05) is 183 Å². The molecule has 2 aromatic heterocycles. The first-order chi connectivity index (χ1) is 39.1. The number of hydrogen-bond donors (Lipinski definition) is 0. The molecular weight excluding hydrogens is 1130 g/mol. The summed E-state index contributed by atoms with van der Waals surface area (Å²) in [5.74, 6) is 1.24. The van der Waals surface area contributed by atoms with E-state index in [4.69, 9.17) is 15.2 Å². The maximum atomic E-state index is 10.5. The molecular formula is C72H77N4OPt-3. The number of para-hydroxylation sites is 3. The Hall–Kier alpha value is -6.42. The van der Waals surface area contributed by atoms with E-state index in [1.54, 1.807) is 16.8 Å². The zero-order valence-corrected chi connectivity index (χ0v) is 50.6. The maximum absolute atomic E-state index is 10.5. The largest absolute Gasteiger partial charge is 0.509 e. The number of benzene rings is 7. The van der Waals surface area contributed by atoms with Gasteiger partial charge in [-0.2, -0.15) is 12.1 Å². The standard InChI is InChI=1S/C72H77N4O.Pt/c1-67(2,3)48-32-35-73-65(42-48)76-61-25-18-17-24-55(61)56-30-29-54(44-64(56)76)77-53-23-21-22-52(43-53)74-45-75(63-27-20-19-26-62(63)74)66-57(46-28-31-59-60(38-46)72(15,16)34-33-71(59,13)14)40-51(70(10,11)12)41-58(66)47-36-49(68(4,5)6)39-50(37-47)69(7,8)9;/h17-32,35-42,45H,33-34H2,1-16H3;/q-3;/i17D,18D,24D,25D,28D,31D,38D;. The summed E-state index contributed by atoms with van der Waals surface area (Å²) < 4.78 is 74.6. The average molecular weight is 1220 g/mol. The Balaban J connectivity index is 0.00000803. The van der Waals surface area contributed by atoms with Gasteiger partial charge in [-0.15, -0.1) is 48.1 Å². The quantitative estimate of drug-likeness (QED) is 0.149. The molecule has 0 atom stereocenters. The van der Waals surface area contributed by atoms with Crippen LogP contribution in [-0.4, -0.2) is 9.55 Å². The first kappa shape index (κ1) is 46.5. The molecule has 7 aromatic carbocycles. The third kappa shape index (κ3) is 10.0. The molecule has 0 radical (unpaired) electrons. The Morgan fingerprint density at radius 3 is 1.81 bits per heavy atom. The predicted octanol–water partition coefficient (Wildman–Crippen LogP) is 19.9. The fourth-order valence-corrected chi connectivity index (χ4v) is 11.0. The number of hydrogen-bond acceptors (Lipinski definition) is 4. The van der Waals surface area contributed by atoms with Gasteiger partial charge in [0.15, 0.2) is 0 Å². The summed E-state index contributed by atoms with van der Waals surface area (Å²) in [7, 11) is 0. The second kappa shape index (κ2) is 19.4. The summed E-state index contributed by atoms with van der Waals surface area (Å²) in [6, 6.07) is 39.6. The number of fused-ring (bicyclic) bond motifs is 5. The van der Waals surface area contributed by atoms with Crippen LogP contribution >= 0.6 is 0 Å². The van der Waals surface area contributed by atoms with Crippen molar-refractivity contribution in [2.75, 3.05) is 9.80 Å². The van der Waals surface area contributed by atoms with Crippen LogP contribution in [0.3, 0.4) is 0 Å². The maximum Gasteiger partial charge on any atom is 0.135 e. The molecule has 0 fully saturated rings. The van der Waals surface area contributed by atoms with Crippen molar-refractivity contribution in [2.45, 2.75) is 156 Å². The van der Waals surface area contributed by atoms with Crippen LogP contribution in [0.4, 0.5) is 22.7 Å². The molecule has 1 aliphatic heterocycles. The first-order valence-electron chi connectivity index (χ1n) is 30.7. The molecule has 2 aliphatic rings. The van der Waals surface area contributed by atoms with Crippen molar-refractivity contribution in [2.24, 2.45) is 0 Å². The van der Waals surface area contributed by atoms with Crippen molar-refractivity contribution in [3.05, 3.63) is 198 Å². The van der Waals surface area contributed by atoms with E-state index in [9.17, 15) is 4.11 Å². The van der Waals surface area contributed by atoms with E-state index in [1.165, 1.54) is 11.1 Å². The molecule has 78 heavy (non-hydrogen) atoms. The Morgan fingerprint density at radius 1 is 0.564 bits per heavy atom. The number of ether oxygens (including phenoxy) is 1. The molecule has 3 heterocycles. The molecule has 9 aromatic rings. The van der Waals surface area contributed by atoms with E-state index < -0.39 is 5.41 Å². The summed E-state index contributed by atoms with van der Waals surface area (Å²) >= 11 is 0. The van der Waals surface area contributed by atoms with E-state index in [1.807, 2.05) is 48.5 Å². The smallest absolute Gasteiger partial charge is 0.135 e. The molecule has 6 heteroatoms. The molecule has 5 nitrogen and oxygen atoms in total. The van der Waals surface area contributed by atoms with E-state index >= 15 is 0 Å². The molecule has 0 bridgehead atoms. The Labute approximate surface area is 490 Å². The molecule has 0 saturated carbocycles. The molecule has 0 unspecified atom stereocenters. The van der Waals surface area contributed by atoms with Crippen LogP contribution in [0, 0.1) is 18.8 Å². The van der Waals surface area contributed by atoms with Crippen LogP contribution in [0.25, 0.3) is 49.9 Å². The minimum atomic E-state index is -0.410. The van der Waals surface area contributed by atoms with E-state index in [0.717, 1.165) is 63.3 Å². The van der Waals surface area contributed by atoms with E-state index in [0.29, 0.717) is 62.0 Å². The van der Waals surface area contributed by atoms with Crippen molar-refractivity contribution in [3.63, 3.8) is 0 Å². The number of aromatic nitrogens is 2. The fourth-order valence-electron chi connectivity index (χ4n) is 11.0. The number of rotatable bonds is 7. The molecule has 0 spiro atoms. The normalized spacial score (nSPS) is 16.6. The van der Waals surface area contributed by atoms with Gasteiger partial charge >= 0.3 is 0 Å². The third-order valence-corrected chi connectivity index (χ3v) is 16.0.